The largest absolute Gasteiger partial charge is 0.457 e. The number of rotatable bonds is 5. The number of halogens is 1. The molecule has 0 spiro atoms. The highest BCUT2D eigenvalue weighted by Crippen LogP contribution is 2.20. The monoisotopic (exact) mass is 441 g/mol. The first-order valence-corrected chi connectivity index (χ1v) is 8.90. The van der Waals surface area contributed by atoms with Crippen LogP contribution in [-0.2, 0) is 11.3 Å². The average molecular weight is 441 g/mol. The minimum Gasteiger partial charge on any atom is -0.457 e. The predicted molar refractivity (Wildman–Crippen MR) is 108 cm³/mol. The molecule has 3 nitrogen and oxygen atoms in total. The number of hydrogen-bond acceptors (Lipinski definition) is 3. The number of nitrogens with zero attached hydrogens (tertiary/aromatic N) is 1. The fourth-order valence-corrected chi connectivity index (χ4v) is 2.74. The number of carbonyl (C=O) groups excluding carboxylic acids is 1. The summed E-state index contributed by atoms with van der Waals surface area (Å²) in [6.07, 6.45) is 1.79. The molecule has 0 N–H and O–H groups in total. The highest BCUT2D eigenvalue weighted by Gasteiger charge is 2.07. The van der Waals surface area contributed by atoms with Crippen molar-refractivity contribution in [3.05, 3.63) is 99.1 Å². The summed E-state index contributed by atoms with van der Waals surface area (Å²) in [7, 11) is 0. The van der Waals surface area contributed by atoms with Crippen LogP contribution in [0.3, 0.4) is 0 Å². The van der Waals surface area contributed by atoms with Crippen LogP contribution in [0.15, 0.2) is 83.9 Å². The van der Waals surface area contributed by atoms with E-state index in [-0.39, 0.29) is 12.6 Å². The second kappa shape index (κ2) is 8.58. The van der Waals surface area contributed by atoms with Crippen LogP contribution in [0.2, 0.25) is 0 Å². The van der Waals surface area contributed by atoms with Gasteiger partial charge in [0.2, 0.25) is 0 Å². The van der Waals surface area contributed by atoms with Crippen molar-refractivity contribution < 1.29 is 9.53 Å². The fourth-order valence-electron chi connectivity index (χ4n) is 2.21. The molecule has 124 valence electrons. The van der Waals surface area contributed by atoms with Gasteiger partial charge >= 0.3 is 5.97 Å². The standard InChI is InChI=1S/C21H16INO2/c22-19-8-4-5-9-20(19)23-14-16-10-12-18(13-11-16)21(24)25-15-17-6-2-1-3-7-17/h1-14H,15H2/b23-14+. The maximum Gasteiger partial charge on any atom is 0.338 e. The Hall–Kier alpha value is -2.47. The molecule has 0 aliphatic rings. The number of para-hydroxylation sites is 1. The van der Waals surface area contributed by atoms with E-state index in [2.05, 4.69) is 27.6 Å². The van der Waals surface area contributed by atoms with Crippen LogP contribution in [0, 0.1) is 3.57 Å². The summed E-state index contributed by atoms with van der Waals surface area (Å²) in [6.45, 7) is 0.273. The Morgan fingerprint density at radius 2 is 1.60 bits per heavy atom. The Kier molecular flexibility index (Phi) is 5.95. The van der Waals surface area contributed by atoms with Crippen molar-refractivity contribution in [3.8, 4) is 0 Å². The molecule has 0 atom stereocenters. The molecule has 4 heteroatoms. The lowest BCUT2D eigenvalue weighted by Crippen LogP contribution is -2.05. The molecule has 0 radical (unpaired) electrons. The van der Waals surface area contributed by atoms with Crippen LogP contribution in [0.4, 0.5) is 5.69 Å². The molecular weight excluding hydrogens is 425 g/mol. The lowest BCUT2D eigenvalue weighted by Gasteiger charge is -2.05. The van der Waals surface area contributed by atoms with E-state index in [4.69, 9.17) is 4.74 Å². The topological polar surface area (TPSA) is 38.7 Å². The summed E-state index contributed by atoms with van der Waals surface area (Å²) in [4.78, 5) is 16.6. The highest BCUT2D eigenvalue weighted by molar-refractivity contribution is 14.1. The third-order valence-electron chi connectivity index (χ3n) is 3.56. The maximum atomic E-state index is 12.1. The Morgan fingerprint density at radius 1 is 0.920 bits per heavy atom. The van der Waals surface area contributed by atoms with E-state index in [1.54, 1.807) is 18.3 Å². The zero-order valence-corrected chi connectivity index (χ0v) is 15.6. The van der Waals surface area contributed by atoms with E-state index in [0.29, 0.717) is 5.56 Å². The molecule has 25 heavy (non-hydrogen) atoms. The van der Waals surface area contributed by atoms with Crippen molar-refractivity contribution >= 4 is 40.5 Å². The van der Waals surface area contributed by atoms with Crippen LogP contribution in [0.25, 0.3) is 0 Å². The Labute approximate surface area is 160 Å². The minimum absolute atomic E-state index is 0.273. The fraction of sp³-hybridized carbons (Fsp3) is 0.0476. The van der Waals surface area contributed by atoms with Gasteiger partial charge in [-0.1, -0.05) is 54.6 Å². The lowest BCUT2D eigenvalue weighted by atomic mass is 10.1. The molecule has 0 aliphatic heterocycles. The Morgan fingerprint density at radius 3 is 2.32 bits per heavy atom. The minimum atomic E-state index is -0.329. The summed E-state index contributed by atoms with van der Waals surface area (Å²) in [6, 6.07) is 24.8. The number of benzene rings is 3. The van der Waals surface area contributed by atoms with E-state index in [0.717, 1.165) is 20.4 Å². The van der Waals surface area contributed by atoms with Gasteiger partial charge in [-0.25, -0.2) is 4.79 Å². The number of ether oxygens (including phenoxy) is 1. The number of carbonyl (C=O) groups is 1. The molecule has 0 aliphatic carbocycles. The molecule has 0 bridgehead atoms. The van der Waals surface area contributed by atoms with Gasteiger partial charge in [-0.2, -0.15) is 0 Å². The van der Waals surface area contributed by atoms with Crippen molar-refractivity contribution in [1.29, 1.82) is 0 Å². The summed E-state index contributed by atoms with van der Waals surface area (Å²) < 4.78 is 6.42. The summed E-state index contributed by atoms with van der Waals surface area (Å²) >= 11 is 2.26. The van der Waals surface area contributed by atoms with Gasteiger partial charge in [-0.15, -0.1) is 0 Å². The normalized spacial score (nSPS) is 10.8. The molecule has 0 saturated carbocycles. The predicted octanol–water partition coefficient (Wildman–Crippen LogP) is 5.40. The highest BCUT2D eigenvalue weighted by atomic mass is 127. The summed E-state index contributed by atoms with van der Waals surface area (Å²) in [5.74, 6) is -0.329. The molecule has 0 heterocycles. The van der Waals surface area contributed by atoms with Gasteiger partial charge in [-0.3, -0.25) is 4.99 Å². The van der Waals surface area contributed by atoms with Crippen molar-refractivity contribution in [1.82, 2.24) is 0 Å². The van der Waals surface area contributed by atoms with Crippen LogP contribution >= 0.6 is 22.6 Å². The van der Waals surface area contributed by atoms with Gasteiger partial charge in [0.25, 0.3) is 0 Å². The Bertz CT molecular complexity index is 874. The first kappa shape index (κ1) is 17.4. The molecule has 0 unspecified atom stereocenters. The Balaban J connectivity index is 1.62. The number of hydrogen-bond donors (Lipinski definition) is 0. The van der Waals surface area contributed by atoms with Crippen molar-refractivity contribution in [3.63, 3.8) is 0 Å². The molecule has 0 aromatic heterocycles. The number of esters is 1. The van der Waals surface area contributed by atoms with Crippen LogP contribution < -0.4 is 0 Å². The van der Waals surface area contributed by atoms with E-state index < -0.39 is 0 Å². The molecule has 3 aromatic carbocycles. The van der Waals surface area contributed by atoms with Gasteiger partial charge in [-0.05, 0) is 58.0 Å². The van der Waals surface area contributed by atoms with Crippen molar-refractivity contribution in [2.45, 2.75) is 6.61 Å². The third-order valence-corrected chi connectivity index (χ3v) is 4.48. The van der Waals surface area contributed by atoms with Gasteiger partial charge in [0.15, 0.2) is 0 Å². The van der Waals surface area contributed by atoms with E-state index in [9.17, 15) is 4.79 Å². The summed E-state index contributed by atoms with van der Waals surface area (Å²) in [5.41, 5.74) is 3.35. The first-order valence-electron chi connectivity index (χ1n) is 7.82. The third kappa shape index (κ3) is 5.00. The average Bonchev–Trinajstić information content (AvgIpc) is 2.67. The molecule has 0 saturated heterocycles. The van der Waals surface area contributed by atoms with Gasteiger partial charge in [0, 0.05) is 9.78 Å². The van der Waals surface area contributed by atoms with Crippen molar-refractivity contribution in [2.24, 2.45) is 4.99 Å². The zero-order valence-electron chi connectivity index (χ0n) is 13.4. The van der Waals surface area contributed by atoms with Crippen LogP contribution in [0.5, 0.6) is 0 Å². The quantitative estimate of drug-likeness (QED) is 0.302. The van der Waals surface area contributed by atoms with Crippen LogP contribution in [-0.4, -0.2) is 12.2 Å². The van der Waals surface area contributed by atoms with E-state index in [1.807, 2.05) is 66.7 Å². The van der Waals surface area contributed by atoms with Crippen molar-refractivity contribution in [2.75, 3.05) is 0 Å². The first-order chi connectivity index (χ1) is 12.2. The van der Waals surface area contributed by atoms with Gasteiger partial charge in [0.1, 0.15) is 6.61 Å². The molecule has 0 amide bonds. The second-order valence-corrected chi connectivity index (χ2v) is 6.56. The number of aliphatic imine (C=N–C) groups is 1. The molecule has 0 fully saturated rings. The van der Waals surface area contributed by atoms with Gasteiger partial charge in [0.05, 0.1) is 11.3 Å². The SMILES string of the molecule is O=C(OCc1ccccc1)c1ccc(/C=N/c2ccccc2I)cc1. The lowest BCUT2D eigenvalue weighted by molar-refractivity contribution is 0.0472. The van der Waals surface area contributed by atoms with E-state index in [1.165, 1.54) is 0 Å². The maximum absolute atomic E-state index is 12.1. The molecular formula is C21H16INO2. The second-order valence-electron chi connectivity index (χ2n) is 5.39. The van der Waals surface area contributed by atoms with Gasteiger partial charge < -0.3 is 4.74 Å². The smallest absolute Gasteiger partial charge is 0.338 e. The van der Waals surface area contributed by atoms with E-state index >= 15 is 0 Å². The zero-order chi connectivity index (χ0) is 17.5. The molecule has 3 rings (SSSR count). The molecule has 3 aromatic rings. The summed E-state index contributed by atoms with van der Waals surface area (Å²) in [5, 5.41) is 0. The van der Waals surface area contributed by atoms with Crippen LogP contribution in [0.1, 0.15) is 21.5 Å².